The molecule has 0 radical (unpaired) electrons. The van der Waals surface area contributed by atoms with E-state index in [1.807, 2.05) is 0 Å². The van der Waals surface area contributed by atoms with Crippen LogP contribution in [0.15, 0.2) is 47.6 Å². The van der Waals surface area contributed by atoms with Crippen molar-refractivity contribution in [3.8, 4) is 0 Å². The van der Waals surface area contributed by atoms with Crippen LogP contribution in [0.2, 0.25) is 0 Å². The van der Waals surface area contributed by atoms with Gasteiger partial charge in [-0.05, 0) is 39.3 Å². The van der Waals surface area contributed by atoms with Crippen LogP contribution < -0.4 is 0 Å². The van der Waals surface area contributed by atoms with E-state index in [0.717, 1.165) is 0 Å². The number of aliphatic hydroxyl groups is 2. The quantitative estimate of drug-likeness (QED) is 0.443. The minimum Gasteiger partial charge on any atom is -0.458 e. The summed E-state index contributed by atoms with van der Waals surface area (Å²) in [7, 11) is 0. The van der Waals surface area contributed by atoms with Gasteiger partial charge in [-0.15, -0.1) is 0 Å². The highest BCUT2D eigenvalue weighted by molar-refractivity contribution is 5.92. The van der Waals surface area contributed by atoms with E-state index in [1.54, 1.807) is 39.8 Å². The second-order valence-corrected chi connectivity index (χ2v) is 7.11. The summed E-state index contributed by atoms with van der Waals surface area (Å²) in [4.78, 5) is 24.4. The van der Waals surface area contributed by atoms with Crippen LogP contribution in [0.3, 0.4) is 0 Å². The molecule has 1 heterocycles. The van der Waals surface area contributed by atoms with Crippen molar-refractivity contribution >= 4 is 11.9 Å². The maximum Gasteiger partial charge on any atom is 0.334 e. The molecule has 2 N–H and O–H groups in total. The van der Waals surface area contributed by atoms with Crippen molar-refractivity contribution in [1.29, 1.82) is 0 Å². The van der Waals surface area contributed by atoms with Crippen molar-refractivity contribution < 1.29 is 29.3 Å². The fourth-order valence-corrected chi connectivity index (χ4v) is 3.05. The number of carbonyl (C=O) groups is 2. The lowest BCUT2D eigenvalue weighted by Crippen LogP contribution is -2.40. The van der Waals surface area contributed by atoms with Crippen molar-refractivity contribution in [2.45, 2.75) is 58.0 Å². The molecule has 1 saturated heterocycles. The van der Waals surface area contributed by atoms with Gasteiger partial charge >= 0.3 is 11.9 Å². The highest BCUT2D eigenvalue weighted by atomic mass is 16.6. The van der Waals surface area contributed by atoms with Gasteiger partial charge in [-0.25, -0.2) is 9.59 Å². The van der Waals surface area contributed by atoms with E-state index in [2.05, 4.69) is 6.58 Å². The van der Waals surface area contributed by atoms with Crippen LogP contribution in [0, 0.1) is 5.92 Å². The first-order chi connectivity index (χ1) is 12.1. The molecule has 6 nitrogen and oxygen atoms in total. The van der Waals surface area contributed by atoms with E-state index in [4.69, 9.17) is 9.47 Å². The molecule has 0 amide bonds. The maximum atomic E-state index is 12.3. The Morgan fingerprint density at radius 2 is 2.15 bits per heavy atom. The Balaban J connectivity index is 2.48. The smallest absolute Gasteiger partial charge is 0.334 e. The molecular formula is C20H26O6. The third-order valence-electron chi connectivity index (χ3n) is 4.82. The van der Waals surface area contributed by atoms with Gasteiger partial charge in [0.2, 0.25) is 0 Å². The zero-order valence-electron chi connectivity index (χ0n) is 15.6. The first-order valence-electron chi connectivity index (χ1n) is 8.57. The van der Waals surface area contributed by atoms with Gasteiger partial charge in [-0.1, -0.05) is 24.8 Å². The first kappa shape index (κ1) is 20.1. The van der Waals surface area contributed by atoms with Crippen LogP contribution in [0.5, 0.6) is 0 Å². The Hall–Kier alpha value is -2.18. The lowest BCUT2D eigenvalue weighted by atomic mass is 9.82. The average molecular weight is 362 g/mol. The van der Waals surface area contributed by atoms with Gasteiger partial charge in [0.15, 0.2) is 0 Å². The highest BCUT2D eigenvalue weighted by Gasteiger charge is 2.46. The highest BCUT2D eigenvalue weighted by Crippen LogP contribution is 2.37. The third kappa shape index (κ3) is 4.31. The fourth-order valence-electron chi connectivity index (χ4n) is 3.05. The lowest BCUT2D eigenvalue weighted by molar-refractivity contribution is -0.150. The van der Waals surface area contributed by atoms with Crippen LogP contribution in [-0.2, 0) is 19.1 Å². The molecule has 26 heavy (non-hydrogen) atoms. The third-order valence-corrected chi connectivity index (χ3v) is 4.82. The largest absolute Gasteiger partial charge is 0.458 e. The zero-order valence-corrected chi connectivity index (χ0v) is 15.6. The summed E-state index contributed by atoms with van der Waals surface area (Å²) in [5.41, 5.74) is -0.188. The fraction of sp³-hybridized carbons (Fsp3) is 0.500. The van der Waals surface area contributed by atoms with E-state index in [1.165, 1.54) is 12.2 Å². The second-order valence-electron chi connectivity index (χ2n) is 7.11. The average Bonchev–Trinajstić information content (AvgIpc) is 2.84. The molecule has 0 spiro atoms. The van der Waals surface area contributed by atoms with Gasteiger partial charge in [0.1, 0.15) is 12.2 Å². The van der Waals surface area contributed by atoms with Gasteiger partial charge in [-0.3, -0.25) is 0 Å². The number of fused-ring (bicyclic) bond motifs is 1. The summed E-state index contributed by atoms with van der Waals surface area (Å²) in [5.74, 6) is -1.74. The molecule has 0 saturated carbocycles. The predicted octanol–water partition coefficient (Wildman–Crippen LogP) is 1.98. The maximum absolute atomic E-state index is 12.3. The molecule has 1 aliphatic carbocycles. The second kappa shape index (κ2) is 7.60. The number of esters is 2. The molecule has 142 valence electrons. The molecule has 0 unspecified atom stereocenters. The van der Waals surface area contributed by atoms with Crippen LogP contribution in [-0.4, -0.2) is 46.1 Å². The topological polar surface area (TPSA) is 93.1 Å². The monoisotopic (exact) mass is 362 g/mol. The van der Waals surface area contributed by atoms with Crippen molar-refractivity contribution in [3.63, 3.8) is 0 Å². The number of aliphatic hydroxyl groups excluding tert-OH is 1. The van der Waals surface area contributed by atoms with E-state index in [0.29, 0.717) is 11.1 Å². The molecule has 0 aromatic carbocycles. The number of hydrogen-bond acceptors (Lipinski definition) is 6. The Morgan fingerprint density at radius 3 is 2.77 bits per heavy atom. The Morgan fingerprint density at radius 1 is 1.50 bits per heavy atom. The number of hydrogen-bond donors (Lipinski definition) is 2. The summed E-state index contributed by atoms with van der Waals surface area (Å²) >= 11 is 0. The molecule has 2 rings (SSSR count). The lowest BCUT2D eigenvalue weighted by Gasteiger charge is -2.32. The summed E-state index contributed by atoms with van der Waals surface area (Å²) in [6, 6.07) is 0. The standard InChI is InChI=1S/C20H26O6/c1-6-11(2)18(22)26-16-10-20(5,24)8-7-14(21)12(3)9-15-17(16)13(4)19(23)25-15/h6-9,14-17,21,24H,4,10H2,1-3,5H3/b8-7-,11-6+,12-9?/t14-,15+,16-,17+,20+/m1/s1. The van der Waals surface area contributed by atoms with Gasteiger partial charge in [0, 0.05) is 17.6 Å². The Labute approximate surface area is 153 Å². The van der Waals surface area contributed by atoms with Gasteiger partial charge in [-0.2, -0.15) is 0 Å². The molecule has 1 fully saturated rings. The van der Waals surface area contributed by atoms with Crippen molar-refractivity contribution in [2.24, 2.45) is 5.92 Å². The van der Waals surface area contributed by atoms with Gasteiger partial charge < -0.3 is 19.7 Å². The molecule has 0 bridgehead atoms. The molecule has 0 aromatic heterocycles. The molecule has 6 heteroatoms. The van der Waals surface area contributed by atoms with Crippen molar-refractivity contribution in [2.75, 3.05) is 0 Å². The minimum atomic E-state index is -1.36. The predicted molar refractivity (Wildman–Crippen MR) is 96.0 cm³/mol. The van der Waals surface area contributed by atoms with E-state index >= 15 is 0 Å². The van der Waals surface area contributed by atoms with E-state index < -0.39 is 41.8 Å². The van der Waals surface area contributed by atoms with Crippen LogP contribution >= 0.6 is 0 Å². The summed E-state index contributed by atoms with van der Waals surface area (Å²) in [6.07, 6.45) is 3.77. The Kier molecular flexibility index (Phi) is 5.88. The number of ether oxygens (including phenoxy) is 2. The summed E-state index contributed by atoms with van der Waals surface area (Å²) in [5, 5.41) is 20.9. The van der Waals surface area contributed by atoms with Gasteiger partial charge in [0.05, 0.1) is 17.6 Å². The molecule has 5 atom stereocenters. The van der Waals surface area contributed by atoms with Crippen LogP contribution in [0.25, 0.3) is 0 Å². The van der Waals surface area contributed by atoms with Crippen LogP contribution in [0.1, 0.15) is 34.1 Å². The molecular weight excluding hydrogens is 336 g/mol. The first-order valence-corrected chi connectivity index (χ1v) is 8.57. The summed E-state index contributed by atoms with van der Waals surface area (Å²) < 4.78 is 11.0. The molecule has 1 aliphatic heterocycles. The number of allylic oxidation sites excluding steroid dienone is 1. The van der Waals surface area contributed by atoms with E-state index in [9.17, 15) is 19.8 Å². The van der Waals surface area contributed by atoms with Crippen molar-refractivity contribution in [1.82, 2.24) is 0 Å². The SMILES string of the molecule is C=C1C(=O)O[C@H]2C=C(C)[C@H](O)/C=C\[C@](C)(O)C[C@@H](OC(=O)/C(C)=C/C)[C@@H]12. The normalized spacial score (nSPS) is 36.7. The number of rotatable bonds is 2. The Bertz CT molecular complexity index is 697. The van der Waals surface area contributed by atoms with E-state index in [-0.39, 0.29) is 12.0 Å². The minimum absolute atomic E-state index is 0.0304. The van der Waals surface area contributed by atoms with Crippen LogP contribution in [0.4, 0.5) is 0 Å². The van der Waals surface area contributed by atoms with Crippen molar-refractivity contribution in [3.05, 3.63) is 47.6 Å². The molecule has 0 aromatic rings. The number of carbonyl (C=O) groups excluding carboxylic acids is 2. The zero-order chi connectivity index (χ0) is 19.6. The molecule has 2 aliphatic rings. The summed E-state index contributed by atoms with van der Waals surface area (Å²) in [6.45, 7) is 10.4. The van der Waals surface area contributed by atoms with Gasteiger partial charge in [0.25, 0.3) is 0 Å².